The van der Waals surface area contributed by atoms with Crippen LogP contribution < -0.4 is 5.73 Å². The van der Waals surface area contributed by atoms with Gasteiger partial charge >= 0.3 is 0 Å². The van der Waals surface area contributed by atoms with Crippen LogP contribution in [0.25, 0.3) is 0 Å². The van der Waals surface area contributed by atoms with Gasteiger partial charge in [-0.3, -0.25) is 9.69 Å². The van der Waals surface area contributed by atoms with Crippen LogP contribution in [0.4, 0.5) is 0 Å². The van der Waals surface area contributed by atoms with Crippen molar-refractivity contribution in [3.8, 4) is 0 Å². The number of carbonyl (C=O) groups is 1. The molecule has 0 bridgehead atoms. The summed E-state index contributed by atoms with van der Waals surface area (Å²) in [5.74, 6) is 0.188. The second-order valence-electron chi connectivity index (χ2n) is 4.54. The van der Waals surface area contributed by atoms with Crippen LogP contribution in [0.1, 0.15) is 23.2 Å². The molecule has 0 radical (unpaired) electrons. The Kier molecular flexibility index (Phi) is 4.31. The molecule has 0 aliphatic carbocycles. The molecule has 1 aromatic carbocycles. The predicted octanol–water partition coefficient (Wildman–Crippen LogP) is 2.05. The van der Waals surface area contributed by atoms with E-state index < -0.39 is 0 Å². The molecule has 0 atom stereocenters. The van der Waals surface area contributed by atoms with Crippen molar-refractivity contribution in [2.45, 2.75) is 18.9 Å². The van der Waals surface area contributed by atoms with Crippen molar-refractivity contribution in [2.75, 3.05) is 19.6 Å². The Morgan fingerprint density at radius 2 is 1.88 bits per heavy atom. The molecule has 2 N–H and O–H groups in total. The predicted molar refractivity (Wildman–Crippen MR) is 72.1 cm³/mol. The first kappa shape index (κ1) is 12.7. The van der Waals surface area contributed by atoms with E-state index in [4.69, 9.17) is 5.73 Å². The Morgan fingerprint density at radius 1 is 1.29 bits per heavy atom. The van der Waals surface area contributed by atoms with Crippen LogP contribution in [0.5, 0.6) is 0 Å². The highest BCUT2D eigenvalue weighted by atomic mass is 79.9. The summed E-state index contributed by atoms with van der Waals surface area (Å²) in [6, 6.07) is 7.84. The summed E-state index contributed by atoms with van der Waals surface area (Å²) in [5, 5.41) is 0. The number of ketones is 1. The summed E-state index contributed by atoms with van der Waals surface area (Å²) in [7, 11) is 0. The molecular weight excluding hydrogens is 280 g/mol. The van der Waals surface area contributed by atoms with Crippen molar-refractivity contribution in [1.82, 2.24) is 4.90 Å². The lowest BCUT2D eigenvalue weighted by molar-refractivity contribution is 0.0910. The Bertz CT molecular complexity index is 383. The third-order valence-corrected chi connectivity index (χ3v) is 3.69. The number of piperidine rings is 1. The molecule has 0 aromatic heterocycles. The molecule has 1 saturated heterocycles. The van der Waals surface area contributed by atoms with E-state index in [1.54, 1.807) is 0 Å². The molecule has 2 rings (SSSR count). The quantitative estimate of drug-likeness (QED) is 0.869. The summed E-state index contributed by atoms with van der Waals surface area (Å²) < 4.78 is 0.998. The van der Waals surface area contributed by atoms with Crippen LogP contribution in [-0.4, -0.2) is 36.4 Å². The van der Waals surface area contributed by atoms with Crippen molar-refractivity contribution >= 4 is 21.7 Å². The molecule has 1 aliphatic rings. The van der Waals surface area contributed by atoms with Crippen molar-refractivity contribution < 1.29 is 4.79 Å². The maximum atomic E-state index is 12.0. The molecule has 0 amide bonds. The third kappa shape index (κ3) is 3.63. The number of nitrogens with two attached hydrogens (primary N) is 1. The van der Waals surface area contributed by atoms with Crippen molar-refractivity contribution in [2.24, 2.45) is 5.73 Å². The Labute approximate surface area is 110 Å². The molecular formula is C13H17BrN2O. The number of hydrogen-bond acceptors (Lipinski definition) is 3. The van der Waals surface area contributed by atoms with Gasteiger partial charge in [-0.15, -0.1) is 0 Å². The number of hydrogen-bond donors (Lipinski definition) is 1. The van der Waals surface area contributed by atoms with Gasteiger partial charge < -0.3 is 5.73 Å². The maximum absolute atomic E-state index is 12.0. The minimum absolute atomic E-state index is 0.188. The van der Waals surface area contributed by atoms with E-state index in [-0.39, 0.29) is 5.78 Å². The fourth-order valence-corrected chi connectivity index (χ4v) is 2.31. The van der Waals surface area contributed by atoms with Gasteiger partial charge in [0, 0.05) is 29.2 Å². The van der Waals surface area contributed by atoms with Gasteiger partial charge in [-0.05, 0) is 25.0 Å². The van der Waals surface area contributed by atoms with Gasteiger partial charge in [0.1, 0.15) is 0 Å². The monoisotopic (exact) mass is 296 g/mol. The Morgan fingerprint density at radius 3 is 2.47 bits per heavy atom. The van der Waals surface area contributed by atoms with Crippen LogP contribution >= 0.6 is 15.9 Å². The molecule has 1 fully saturated rings. The molecule has 4 heteroatoms. The summed E-state index contributed by atoms with van der Waals surface area (Å²) in [5.41, 5.74) is 6.62. The second kappa shape index (κ2) is 5.76. The van der Waals surface area contributed by atoms with Crippen LogP contribution in [0, 0.1) is 0 Å². The summed E-state index contributed by atoms with van der Waals surface area (Å²) in [6.07, 6.45) is 1.99. The summed E-state index contributed by atoms with van der Waals surface area (Å²) >= 11 is 3.36. The second-order valence-corrected chi connectivity index (χ2v) is 5.46. The Hall–Kier alpha value is -0.710. The van der Waals surface area contributed by atoms with Crippen LogP contribution in [0.2, 0.25) is 0 Å². The highest BCUT2D eigenvalue weighted by molar-refractivity contribution is 9.10. The average molecular weight is 297 g/mol. The molecule has 0 unspecified atom stereocenters. The van der Waals surface area contributed by atoms with E-state index in [2.05, 4.69) is 20.8 Å². The van der Waals surface area contributed by atoms with E-state index in [9.17, 15) is 4.79 Å². The van der Waals surface area contributed by atoms with Gasteiger partial charge in [0.05, 0.1) is 6.54 Å². The molecule has 1 aromatic rings. The van der Waals surface area contributed by atoms with Crippen molar-refractivity contribution in [1.29, 1.82) is 0 Å². The number of likely N-dealkylation sites (tertiary alicyclic amines) is 1. The van der Waals surface area contributed by atoms with Gasteiger partial charge in [0.15, 0.2) is 5.78 Å². The number of nitrogens with zero attached hydrogens (tertiary/aromatic N) is 1. The average Bonchev–Trinajstić information content (AvgIpc) is 2.33. The third-order valence-electron chi connectivity index (χ3n) is 3.17. The molecule has 92 valence electrons. The zero-order valence-electron chi connectivity index (χ0n) is 9.73. The fraction of sp³-hybridized carbons (Fsp3) is 0.462. The topological polar surface area (TPSA) is 46.3 Å². The van der Waals surface area contributed by atoms with E-state index in [1.165, 1.54) is 0 Å². The first-order chi connectivity index (χ1) is 8.15. The van der Waals surface area contributed by atoms with Crippen molar-refractivity contribution in [3.05, 3.63) is 34.3 Å². The standard InChI is InChI=1S/C13H17BrN2O/c14-11-3-1-10(2-4-11)13(17)9-16-7-5-12(15)6-8-16/h1-4,12H,5-9,15H2. The van der Waals surface area contributed by atoms with Gasteiger partial charge in [-0.2, -0.15) is 0 Å². The minimum Gasteiger partial charge on any atom is -0.328 e. The van der Waals surface area contributed by atoms with E-state index in [0.717, 1.165) is 36.0 Å². The lowest BCUT2D eigenvalue weighted by atomic mass is 10.0. The molecule has 17 heavy (non-hydrogen) atoms. The molecule has 0 spiro atoms. The number of halogens is 1. The molecule has 1 aliphatic heterocycles. The van der Waals surface area contributed by atoms with Crippen LogP contribution in [-0.2, 0) is 0 Å². The number of rotatable bonds is 3. The van der Waals surface area contributed by atoms with Crippen LogP contribution in [0.15, 0.2) is 28.7 Å². The van der Waals surface area contributed by atoms with Gasteiger partial charge in [0.25, 0.3) is 0 Å². The molecule has 3 nitrogen and oxygen atoms in total. The van der Waals surface area contributed by atoms with Gasteiger partial charge in [0.2, 0.25) is 0 Å². The zero-order chi connectivity index (χ0) is 12.3. The lowest BCUT2D eigenvalue weighted by Gasteiger charge is -2.29. The van der Waals surface area contributed by atoms with Gasteiger partial charge in [-0.25, -0.2) is 0 Å². The van der Waals surface area contributed by atoms with Crippen LogP contribution in [0.3, 0.4) is 0 Å². The Balaban J connectivity index is 1.91. The first-order valence-corrected chi connectivity index (χ1v) is 6.71. The number of Topliss-reactive ketones (excluding diaryl/α,β-unsaturated/α-hetero) is 1. The van der Waals surface area contributed by atoms with Gasteiger partial charge in [-0.1, -0.05) is 28.1 Å². The maximum Gasteiger partial charge on any atom is 0.176 e. The smallest absolute Gasteiger partial charge is 0.176 e. The number of carbonyl (C=O) groups excluding carboxylic acids is 1. The SMILES string of the molecule is NC1CCN(CC(=O)c2ccc(Br)cc2)CC1. The normalized spacial score (nSPS) is 18.2. The largest absolute Gasteiger partial charge is 0.328 e. The number of benzene rings is 1. The van der Waals surface area contributed by atoms with E-state index >= 15 is 0 Å². The van der Waals surface area contributed by atoms with E-state index in [1.807, 2.05) is 24.3 Å². The summed E-state index contributed by atoms with van der Waals surface area (Å²) in [4.78, 5) is 14.2. The molecule has 1 heterocycles. The first-order valence-electron chi connectivity index (χ1n) is 5.92. The zero-order valence-corrected chi connectivity index (χ0v) is 11.3. The van der Waals surface area contributed by atoms with Crippen molar-refractivity contribution in [3.63, 3.8) is 0 Å². The highest BCUT2D eigenvalue weighted by Crippen LogP contribution is 2.13. The minimum atomic E-state index is 0.188. The molecule has 0 saturated carbocycles. The van der Waals surface area contributed by atoms with E-state index in [0.29, 0.717) is 12.6 Å². The highest BCUT2D eigenvalue weighted by Gasteiger charge is 2.18. The summed E-state index contributed by atoms with van der Waals surface area (Å²) in [6.45, 7) is 2.38. The fourth-order valence-electron chi connectivity index (χ4n) is 2.04. The lowest BCUT2D eigenvalue weighted by Crippen LogP contribution is -2.41.